The number of rotatable bonds is 5. The van der Waals surface area contributed by atoms with Crippen LogP contribution in [-0.4, -0.2) is 17.8 Å². The van der Waals surface area contributed by atoms with E-state index in [0.717, 1.165) is 23.5 Å². The normalized spacial score (nSPS) is 10.2. The summed E-state index contributed by atoms with van der Waals surface area (Å²) in [5.74, 6) is -3.23. The van der Waals surface area contributed by atoms with Crippen molar-refractivity contribution < 1.29 is 23.2 Å². The first-order chi connectivity index (χ1) is 11.3. The molecule has 0 bridgehead atoms. The molecule has 0 radical (unpaired) electrons. The number of benzene rings is 1. The fraction of sp³-hybridized carbons (Fsp3) is 0.0714. The predicted molar refractivity (Wildman–Crippen MR) is 84.7 cm³/mol. The molecular weight excluding hydrogens is 342 g/mol. The van der Waals surface area contributed by atoms with Crippen molar-refractivity contribution >= 4 is 39.2 Å². The summed E-state index contributed by atoms with van der Waals surface area (Å²) in [7, 11) is 0. The van der Waals surface area contributed by atoms with E-state index in [1.807, 2.05) is 0 Å². The van der Waals surface area contributed by atoms with E-state index in [0.29, 0.717) is 0 Å². The van der Waals surface area contributed by atoms with Gasteiger partial charge in [0.1, 0.15) is 16.6 Å². The van der Waals surface area contributed by atoms with Gasteiger partial charge in [0, 0.05) is 5.56 Å². The van der Waals surface area contributed by atoms with Gasteiger partial charge in [0.05, 0.1) is 17.0 Å². The minimum atomic E-state index is -0.911. The Hall–Kier alpha value is -3.01. The molecule has 0 unspecified atom stereocenters. The molecule has 0 fully saturated rings. The Kier molecular flexibility index (Phi) is 5.09. The summed E-state index contributed by atoms with van der Waals surface area (Å²) in [6.45, 7) is 0. The van der Waals surface area contributed by atoms with Crippen LogP contribution < -0.4 is 22.1 Å². The van der Waals surface area contributed by atoms with Crippen LogP contribution in [0, 0.1) is 11.6 Å². The molecular formula is C14H12F2N4O3S. The molecule has 1 heterocycles. The number of halogens is 2. The first-order valence-electron chi connectivity index (χ1n) is 6.50. The summed E-state index contributed by atoms with van der Waals surface area (Å²) in [5, 5.41) is 4.80. The minimum absolute atomic E-state index is 0.0498. The largest absolute Gasteiger partial charge is 0.366 e. The molecule has 1 aromatic heterocycles. The molecule has 0 spiro atoms. The molecule has 4 amide bonds. The van der Waals surface area contributed by atoms with Gasteiger partial charge in [-0.15, -0.1) is 0 Å². The van der Waals surface area contributed by atoms with E-state index in [1.165, 1.54) is 12.1 Å². The number of primary amides is 2. The second kappa shape index (κ2) is 7.04. The van der Waals surface area contributed by atoms with Gasteiger partial charge < -0.3 is 16.8 Å². The number of urea groups is 1. The standard InChI is InChI=1S/C14H12F2N4O3S/c15-8-2-1-3-9(16)6(8)4-10(21)19-11-5-7(12(17)22)13(24-11)20-14(18)23/h1-3,5H,4H2,(H2,17,22)(H,19,21)(H3,18,20,23). The molecule has 0 atom stereocenters. The smallest absolute Gasteiger partial charge is 0.317 e. The fourth-order valence-electron chi connectivity index (χ4n) is 1.88. The number of nitrogens with one attached hydrogen (secondary N) is 2. The van der Waals surface area contributed by atoms with Crippen LogP contribution in [0.25, 0.3) is 0 Å². The maximum Gasteiger partial charge on any atom is 0.317 e. The van der Waals surface area contributed by atoms with Crippen LogP contribution in [-0.2, 0) is 11.2 Å². The molecule has 2 rings (SSSR count). The van der Waals surface area contributed by atoms with Crippen LogP contribution in [0.1, 0.15) is 15.9 Å². The zero-order chi connectivity index (χ0) is 17.9. The second-order valence-corrected chi connectivity index (χ2v) is 5.68. The topological polar surface area (TPSA) is 127 Å². The minimum Gasteiger partial charge on any atom is -0.366 e. The summed E-state index contributed by atoms with van der Waals surface area (Å²) in [6, 6.07) is 3.58. The fourth-order valence-corrected chi connectivity index (χ4v) is 2.87. The predicted octanol–water partition coefficient (Wildman–Crippen LogP) is 1.80. The Morgan fingerprint density at radius 1 is 1.08 bits per heavy atom. The van der Waals surface area contributed by atoms with E-state index in [9.17, 15) is 23.2 Å². The quantitative estimate of drug-likeness (QED) is 0.653. The van der Waals surface area contributed by atoms with Crippen molar-refractivity contribution in [2.45, 2.75) is 6.42 Å². The molecule has 126 valence electrons. The highest BCUT2D eigenvalue weighted by atomic mass is 32.1. The molecule has 10 heteroatoms. The van der Waals surface area contributed by atoms with Crippen LogP contribution in [0.5, 0.6) is 0 Å². The Morgan fingerprint density at radius 2 is 1.71 bits per heavy atom. The SMILES string of the molecule is NC(=O)Nc1sc(NC(=O)Cc2c(F)cccc2F)cc1C(N)=O. The van der Waals surface area contributed by atoms with Crippen LogP contribution in [0.3, 0.4) is 0 Å². The Balaban J connectivity index is 2.17. The van der Waals surface area contributed by atoms with Crippen molar-refractivity contribution in [2.75, 3.05) is 10.6 Å². The number of hydrogen-bond donors (Lipinski definition) is 4. The third-order valence-corrected chi connectivity index (χ3v) is 3.86. The van der Waals surface area contributed by atoms with Gasteiger partial charge in [-0.25, -0.2) is 13.6 Å². The van der Waals surface area contributed by atoms with Crippen LogP contribution in [0.15, 0.2) is 24.3 Å². The van der Waals surface area contributed by atoms with Crippen molar-refractivity contribution in [3.8, 4) is 0 Å². The van der Waals surface area contributed by atoms with Crippen LogP contribution in [0.2, 0.25) is 0 Å². The maximum atomic E-state index is 13.5. The number of thiophene rings is 1. The number of carbonyl (C=O) groups is 3. The molecule has 0 saturated heterocycles. The molecule has 0 saturated carbocycles. The second-order valence-electron chi connectivity index (χ2n) is 4.63. The number of amides is 4. The van der Waals surface area contributed by atoms with E-state index in [1.54, 1.807) is 0 Å². The van der Waals surface area contributed by atoms with Gasteiger partial charge in [-0.2, -0.15) is 0 Å². The number of hydrogen-bond acceptors (Lipinski definition) is 4. The highest BCUT2D eigenvalue weighted by Crippen LogP contribution is 2.32. The summed E-state index contributed by atoms with van der Waals surface area (Å²) in [4.78, 5) is 34.1. The Labute approximate surface area is 138 Å². The van der Waals surface area contributed by atoms with Crippen molar-refractivity contribution in [1.82, 2.24) is 0 Å². The molecule has 2 aromatic rings. The summed E-state index contributed by atoms with van der Waals surface area (Å²) < 4.78 is 27.1. The number of nitrogens with two attached hydrogens (primary N) is 2. The zero-order valence-electron chi connectivity index (χ0n) is 12.1. The Bertz CT molecular complexity index is 802. The van der Waals surface area contributed by atoms with E-state index in [2.05, 4.69) is 10.6 Å². The van der Waals surface area contributed by atoms with Crippen molar-refractivity contribution in [3.63, 3.8) is 0 Å². The van der Waals surface area contributed by atoms with E-state index >= 15 is 0 Å². The van der Waals surface area contributed by atoms with Crippen LogP contribution in [0.4, 0.5) is 23.6 Å². The monoisotopic (exact) mass is 354 g/mol. The lowest BCUT2D eigenvalue weighted by atomic mass is 10.1. The third-order valence-electron chi connectivity index (χ3n) is 2.90. The van der Waals surface area contributed by atoms with Crippen LogP contribution >= 0.6 is 11.3 Å². The Morgan fingerprint density at radius 3 is 2.25 bits per heavy atom. The zero-order valence-corrected chi connectivity index (χ0v) is 12.9. The lowest BCUT2D eigenvalue weighted by molar-refractivity contribution is -0.115. The lowest BCUT2D eigenvalue weighted by Gasteiger charge is -2.05. The lowest BCUT2D eigenvalue weighted by Crippen LogP contribution is -2.21. The first kappa shape index (κ1) is 17.3. The molecule has 24 heavy (non-hydrogen) atoms. The van der Waals surface area contributed by atoms with Gasteiger partial charge >= 0.3 is 6.03 Å². The van der Waals surface area contributed by atoms with E-state index in [-0.39, 0.29) is 21.1 Å². The van der Waals surface area contributed by atoms with Crippen molar-refractivity contribution in [1.29, 1.82) is 0 Å². The van der Waals surface area contributed by atoms with Gasteiger partial charge in [-0.05, 0) is 18.2 Å². The summed E-state index contributed by atoms with van der Waals surface area (Å²) in [5.41, 5.74) is 9.71. The molecule has 6 N–H and O–H groups in total. The van der Waals surface area contributed by atoms with Gasteiger partial charge in [0.25, 0.3) is 5.91 Å². The van der Waals surface area contributed by atoms with Gasteiger partial charge in [0.2, 0.25) is 5.91 Å². The molecule has 1 aromatic carbocycles. The summed E-state index contributed by atoms with van der Waals surface area (Å²) >= 11 is 0.831. The molecule has 0 aliphatic heterocycles. The summed E-state index contributed by atoms with van der Waals surface area (Å²) in [6.07, 6.45) is -0.541. The third kappa shape index (κ3) is 4.04. The van der Waals surface area contributed by atoms with Gasteiger partial charge in [-0.1, -0.05) is 17.4 Å². The molecule has 0 aliphatic carbocycles. The average molecular weight is 354 g/mol. The average Bonchev–Trinajstić information content (AvgIpc) is 2.85. The molecule has 7 nitrogen and oxygen atoms in total. The van der Waals surface area contributed by atoms with E-state index < -0.39 is 35.9 Å². The number of carbonyl (C=O) groups excluding carboxylic acids is 3. The first-order valence-corrected chi connectivity index (χ1v) is 7.32. The van der Waals surface area contributed by atoms with Crippen molar-refractivity contribution in [2.24, 2.45) is 11.5 Å². The van der Waals surface area contributed by atoms with Gasteiger partial charge in [-0.3, -0.25) is 14.9 Å². The number of anilines is 2. The molecule has 0 aliphatic rings. The van der Waals surface area contributed by atoms with E-state index in [4.69, 9.17) is 11.5 Å². The van der Waals surface area contributed by atoms with Gasteiger partial charge in [0.15, 0.2) is 0 Å². The maximum absolute atomic E-state index is 13.5. The highest BCUT2D eigenvalue weighted by Gasteiger charge is 2.18. The highest BCUT2D eigenvalue weighted by molar-refractivity contribution is 7.20. The van der Waals surface area contributed by atoms with Crippen molar-refractivity contribution in [3.05, 3.63) is 47.0 Å².